The van der Waals surface area contributed by atoms with E-state index in [4.69, 9.17) is 0 Å². The third kappa shape index (κ3) is 9.05. The summed E-state index contributed by atoms with van der Waals surface area (Å²) in [5.74, 6) is -3.61. The Kier molecular flexibility index (Phi) is 12.1. The van der Waals surface area contributed by atoms with Crippen molar-refractivity contribution in [3.8, 4) is 0 Å². The predicted octanol–water partition coefficient (Wildman–Crippen LogP) is 8.14. The zero-order valence-electron chi connectivity index (χ0n) is 31.0. The van der Waals surface area contributed by atoms with E-state index in [-0.39, 0.29) is 52.3 Å². The molecule has 2 aliphatic carbocycles. The van der Waals surface area contributed by atoms with Crippen molar-refractivity contribution >= 4 is 33.6 Å². The van der Waals surface area contributed by atoms with Crippen molar-refractivity contribution in [1.82, 2.24) is 19.8 Å². The van der Waals surface area contributed by atoms with Crippen molar-refractivity contribution in [2.24, 2.45) is 0 Å². The second kappa shape index (κ2) is 17.3. The van der Waals surface area contributed by atoms with Gasteiger partial charge in [-0.3, -0.25) is 9.59 Å². The van der Waals surface area contributed by atoms with Crippen molar-refractivity contribution in [2.45, 2.75) is 88.7 Å². The molecule has 298 valence electrons. The minimum absolute atomic E-state index is 0.0773. The molecule has 57 heavy (non-hydrogen) atoms. The highest BCUT2D eigenvalue weighted by molar-refractivity contribution is 6.08. The number of rotatable bonds is 8. The van der Waals surface area contributed by atoms with Gasteiger partial charge in [0.2, 0.25) is 0 Å². The smallest absolute Gasteiger partial charge is 0.253 e. The van der Waals surface area contributed by atoms with E-state index >= 15 is 0 Å². The molecule has 0 unspecified atom stereocenters. The van der Waals surface area contributed by atoms with Crippen molar-refractivity contribution in [1.29, 1.82) is 0 Å². The number of benzene rings is 4. The normalized spacial score (nSPS) is 19.6. The Balaban J connectivity index is 0.000000174. The van der Waals surface area contributed by atoms with Gasteiger partial charge in [-0.05, 0) is 85.3 Å². The molecular formula is C44H43F5N4O4. The van der Waals surface area contributed by atoms with E-state index in [0.717, 1.165) is 37.3 Å². The van der Waals surface area contributed by atoms with Gasteiger partial charge in [0, 0.05) is 42.3 Å². The summed E-state index contributed by atoms with van der Waals surface area (Å²) in [6, 6.07) is 17.7. The Morgan fingerprint density at radius 2 is 1.00 bits per heavy atom. The molecule has 2 aliphatic rings. The first kappa shape index (κ1) is 39.7. The van der Waals surface area contributed by atoms with Gasteiger partial charge in [-0.2, -0.15) is 0 Å². The topological polar surface area (TPSA) is 109 Å². The van der Waals surface area contributed by atoms with Crippen molar-refractivity contribution in [2.75, 3.05) is 0 Å². The monoisotopic (exact) mass is 786 g/mol. The van der Waals surface area contributed by atoms with Gasteiger partial charge in [-0.15, -0.1) is 0 Å². The van der Waals surface area contributed by atoms with Crippen LogP contribution in [-0.2, 0) is 13.1 Å². The molecule has 0 saturated heterocycles. The van der Waals surface area contributed by atoms with E-state index in [9.17, 15) is 41.8 Å². The van der Waals surface area contributed by atoms with Crippen LogP contribution < -0.4 is 10.6 Å². The lowest BCUT2D eigenvalue weighted by atomic mass is 9.92. The molecule has 6 aromatic rings. The summed E-state index contributed by atoms with van der Waals surface area (Å²) < 4.78 is 72.8. The fourth-order valence-corrected chi connectivity index (χ4v) is 7.96. The van der Waals surface area contributed by atoms with Gasteiger partial charge in [-0.1, -0.05) is 49.9 Å². The first-order valence-electron chi connectivity index (χ1n) is 19.2. The molecule has 8 rings (SSSR count). The summed E-state index contributed by atoms with van der Waals surface area (Å²) in [5, 5.41) is 26.3. The van der Waals surface area contributed by atoms with Crippen LogP contribution in [0.15, 0.2) is 91.3 Å². The summed E-state index contributed by atoms with van der Waals surface area (Å²) in [6.07, 6.45) is 8.27. The maximum atomic E-state index is 14.6. The van der Waals surface area contributed by atoms with Crippen molar-refractivity contribution in [3.63, 3.8) is 0 Å². The minimum atomic E-state index is -0.702. The van der Waals surface area contributed by atoms with Gasteiger partial charge in [-0.25, -0.2) is 22.0 Å². The van der Waals surface area contributed by atoms with Gasteiger partial charge in [0.1, 0.15) is 29.1 Å². The Morgan fingerprint density at radius 1 is 0.561 bits per heavy atom. The molecule has 0 bridgehead atoms. The minimum Gasteiger partial charge on any atom is -0.391 e. The molecule has 4 atom stereocenters. The number of halogens is 5. The van der Waals surface area contributed by atoms with Crippen LogP contribution in [0.4, 0.5) is 22.0 Å². The number of nitrogens with one attached hydrogen (secondary N) is 2. The number of fused-ring (bicyclic) bond motifs is 2. The highest BCUT2D eigenvalue weighted by atomic mass is 19.1. The summed E-state index contributed by atoms with van der Waals surface area (Å²) in [7, 11) is 0. The summed E-state index contributed by atoms with van der Waals surface area (Å²) in [6.45, 7) is 0.466. The fraction of sp³-hybridized carbons (Fsp3) is 0.318. The second-order valence-corrected chi connectivity index (χ2v) is 14.9. The molecule has 0 aliphatic heterocycles. The Hall–Kier alpha value is -5.53. The third-order valence-electron chi connectivity index (χ3n) is 10.8. The van der Waals surface area contributed by atoms with E-state index in [0.29, 0.717) is 48.8 Å². The number of amides is 2. The number of aromatic nitrogens is 2. The number of carbonyl (C=O) groups is 2. The van der Waals surface area contributed by atoms with Crippen LogP contribution >= 0.6 is 0 Å². The van der Waals surface area contributed by atoms with Crippen molar-refractivity contribution < 1.29 is 41.8 Å². The average molecular weight is 787 g/mol. The number of hydrogen-bond acceptors (Lipinski definition) is 4. The molecule has 0 radical (unpaired) electrons. The van der Waals surface area contributed by atoms with Crippen LogP contribution in [0.3, 0.4) is 0 Å². The van der Waals surface area contributed by atoms with Crippen LogP contribution in [0.1, 0.15) is 83.2 Å². The third-order valence-corrected chi connectivity index (χ3v) is 10.8. The molecule has 2 amide bonds. The first-order chi connectivity index (χ1) is 27.4. The zero-order valence-corrected chi connectivity index (χ0v) is 31.0. The van der Waals surface area contributed by atoms with E-state index in [1.165, 1.54) is 48.7 Å². The van der Waals surface area contributed by atoms with Gasteiger partial charge in [0.15, 0.2) is 0 Å². The number of aliphatic hydroxyl groups is 2. The van der Waals surface area contributed by atoms with Crippen LogP contribution in [0.2, 0.25) is 0 Å². The summed E-state index contributed by atoms with van der Waals surface area (Å²) >= 11 is 0. The van der Waals surface area contributed by atoms with E-state index in [2.05, 4.69) is 10.6 Å². The lowest BCUT2D eigenvalue weighted by Gasteiger charge is -2.28. The number of hydrogen-bond donors (Lipinski definition) is 4. The first-order valence-corrected chi connectivity index (χ1v) is 19.2. The van der Waals surface area contributed by atoms with Crippen LogP contribution in [0, 0.1) is 29.1 Å². The highest BCUT2D eigenvalue weighted by Gasteiger charge is 2.28. The molecule has 4 aromatic carbocycles. The molecule has 4 N–H and O–H groups in total. The lowest BCUT2D eigenvalue weighted by Crippen LogP contribution is -2.45. The summed E-state index contributed by atoms with van der Waals surface area (Å²) in [4.78, 5) is 25.8. The van der Waals surface area contributed by atoms with Gasteiger partial charge in [0.25, 0.3) is 11.8 Å². The number of nitrogens with zero attached hydrogens (tertiary/aromatic N) is 2. The van der Waals surface area contributed by atoms with Crippen molar-refractivity contribution in [3.05, 3.63) is 143 Å². The maximum absolute atomic E-state index is 14.6. The Bertz CT molecular complexity index is 2370. The molecule has 8 nitrogen and oxygen atoms in total. The van der Waals surface area contributed by atoms with Crippen LogP contribution in [0.25, 0.3) is 21.8 Å². The van der Waals surface area contributed by atoms with E-state index in [1.54, 1.807) is 45.7 Å². The van der Waals surface area contributed by atoms with E-state index < -0.39 is 41.4 Å². The molecular weight excluding hydrogens is 743 g/mol. The molecule has 2 fully saturated rings. The van der Waals surface area contributed by atoms with Crippen LogP contribution in [0.5, 0.6) is 0 Å². The molecule has 2 saturated carbocycles. The molecule has 13 heteroatoms. The molecule has 0 spiro atoms. The predicted molar refractivity (Wildman–Crippen MR) is 206 cm³/mol. The Labute approximate surface area is 325 Å². The highest BCUT2D eigenvalue weighted by Crippen LogP contribution is 2.29. The molecule has 2 heterocycles. The number of aliphatic hydroxyl groups excluding tert-OH is 2. The molecule has 2 aromatic heterocycles. The quantitative estimate of drug-likeness (QED) is 0.117. The fourth-order valence-electron chi connectivity index (χ4n) is 7.96. The zero-order chi connectivity index (χ0) is 40.2. The van der Waals surface area contributed by atoms with Gasteiger partial charge in [0.05, 0.1) is 46.5 Å². The lowest BCUT2D eigenvalue weighted by molar-refractivity contribution is 0.0716. The second-order valence-electron chi connectivity index (χ2n) is 14.9. The largest absolute Gasteiger partial charge is 0.391 e. The van der Waals surface area contributed by atoms with Gasteiger partial charge < -0.3 is 30.0 Å². The maximum Gasteiger partial charge on any atom is 0.253 e. The van der Waals surface area contributed by atoms with Gasteiger partial charge >= 0.3 is 0 Å². The van der Waals surface area contributed by atoms with Crippen LogP contribution in [-0.4, -0.2) is 55.5 Å². The average Bonchev–Trinajstić information content (AvgIpc) is 3.74. The SMILES string of the molecule is O=C(N[C@H]1CCCC[C@@H]1O)c1cn(Cc2cc(F)cc(F)c2)c2cccc(F)c12.O=C(N[C@H]1CCCC[C@@H]1O)c1cn(Cc2ccc(F)cc2)c2cccc(F)c12. The number of carbonyl (C=O) groups excluding carboxylic acids is 2. The standard InChI is InChI=1S/C22H21F3N2O2.C22H22F2N2O2/c23-14-8-13(9-15(24)10-14)11-27-12-16(21-17(25)4-3-6-19(21)27)22(29)26-18-5-1-2-7-20(18)28;23-15-10-8-14(9-11-15)12-26-13-16(21-17(24)4-3-6-19(21)26)22(28)25-18-5-1-2-7-20(18)27/h3-4,6,8-10,12,18,20,28H,1-2,5,7,11H2,(H,26,29);3-4,6,8-11,13,18,20,27H,1-2,5,7,12H2,(H,25,28)/t2*18-,20-/m00/s1. The Morgan fingerprint density at radius 3 is 1.46 bits per heavy atom. The summed E-state index contributed by atoms with van der Waals surface area (Å²) in [5.41, 5.74) is 2.62. The van der Waals surface area contributed by atoms with E-state index in [1.807, 2.05) is 0 Å².